The molecule has 0 aromatic heterocycles. The molecule has 0 bridgehead atoms. The number of nitrogens with zero attached hydrogens (tertiary/aromatic N) is 1. The fraction of sp³-hybridized carbons (Fsp3) is 1.00. The molecule has 2 N–H and O–H groups in total. The molecule has 0 spiro atoms. The summed E-state index contributed by atoms with van der Waals surface area (Å²) in [7, 11) is 2.30. The first kappa shape index (κ1) is 15.0. The molecule has 0 amide bonds. The fourth-order valence-electron chi connectivity index (χ4n) is 3.07. The summed E-state index contributed by atoms with van der Waals surface area (Å²) in [6.07, 6.45) is 10.8. The highest BCUT2D eigenvalue weighted by Crippen LogP contribution is 2.28. The highest BCUT2D eigenvalue weighted by molar-refractivity contribution is 4.81. The zero-order chi connectivity index (χ0) is 12.7. The van der Waals surface area contributed by atoms with Crippen LogP contribution in [0.15, 0.2) is 0 Å². The molecule has 1 aliphatic rings. The minimum absolute atomic E-state index is 0.611. The zero-order valence-electron chi connectivity index (χ0n) is 12.1. The van der Waals surface area contributed by atoms with E-state index in [1.54, 1.807) is 0 Å². The van der Waals surface area contributed by atoms with Gasteiger partial charge in [-0.1, -0.05) is 33.1 Å². The van der Waals surface area contributed by atoms with E-state index in [4.69, 9.17) is 5.73 Å². The number of rotatable bonds is 7. The van der Waals surface area contributed by atoms with Gasteiger partial charge < -0.3 is 5.73 Å². The Morgan fingerprint density at radius 1 is 1.18 bits per heavy atom. The van der Waals surface area contributed by atoms with Gasteiger partial charge in [-0.15, -0.1) is 0 Å². The van der Waals surface area contributed by atoms with Gasteiger partial charge in [0.15, 0.2) is 0 Å². The number of unbranched alkanes of at least 4 members (excludes halogenated alkanes) is 2. The average molecular weight is 240 g/mol. The SMILES string of the molecule is CCCCCC(CN)N(C)C1CCC(C)CC1. The average Bonchev–Trinajstić information content (AvgIpc) is 2.35. The third-order valence-electron chi connectivity index (χ3n) is 4.55. The van der Waals surface area contributed by atoms with E-state index >= 15 is 0 Å². The Hall–Kier alpha value is -0.0800. The Balaban J connectivity index is 2.34. The smallest absolute Gasteiger partial charge is 0.0218 e. The Morgan fingerprint density at radius 2 is 1.82 bits per heavy atom. The zero-order valence-corrected chi connectivity index (χ0v) is 12.1. The van der Waals surface area contributed by atoms with Gasteiger partial charge in [-0.2, -0.15) is 0 Å². The largest absolute Gasteiger partial charge is 0.329 e. The van der Waals surface area contributed by atoms with E-state index in [1.165, 1.54) is 51.4 Å². The standard InChI is InChI=1S/C15H32N2/c1-4-5-6-7-15(12-16)17(3)14-10-8-13(2)9-11-14/h13-15H,4-12,16H2,1-3H3. The van der Waals surface area contributed by atoms with Crippen molar-refractivity contribution >= 4 is 0 Å². The van der Waals surface area contributed by atoms with E-state index < -0.39 is 0 Å². The summed E-state index contributed by atoms with van der Waals surface area (Å²) >= 11 is 0. The van der Waals surface area contributed by atoms with Gasteiger partial charge in [0.2, 0.25) is 0 Å². The summed E-state index contributed by atoms with van der Waals surface area (Å²) in [5.41, 5.74) is 5.95. The molecule has 0 saturated heterocycles. The van der Waals surface area contributed by atoms with Crippen molar-refractivity contribution in [2.75, 3.05) is 13.6 Å². The highest BCUT2D eigenvalue weighted by atomic mass is 15.2. The number of hydrogen-bond acceptors (Lipinski definition) is 2. The van der Waals surface area contributed by atoms with Gasteiger partial charge >= 0.3 is 0 Å². The molecule has 0 aromatic rings. The lowest BCUT2D eigenvalue weighted by atomic mass is 9.86. The van der Waals surface area contributed by atoms with Crippen LogP contribution >= 0.6 is 0 Å². The van der Waals surface area contributed by atoms with Crippen LogP contribution in [0.1, 0.15) is 65.2 Å². The van der Waals surface area contributed by atoms with Crippen molar-refractivity contribution in [1.82, 2.24) is 4.90 Å². The monoisotopic (exact) mass is 240 g/mol. The van der Waals surface area contributed by atoms with Gasteiger partial charge in [-0.25, -0.2) is 0 Å². The van der Waals surface area contributed by atoms with Gasteiger partial charge in [0.25, 0.3) is 0 Å². The van der Waals surface area contributed by atoms with Gasteiger partial charge in [0.05, 0.1) is 0 Å². The molecule has 2 heteroatoms. The lowest BCUT2D eigenvalue weighted by Crippen LogP contribution is -2.45. The van der Waals surface area contributed by atoms with Gasteiger partial charge in [0, 0.05) is 18.6 Å². The maximum absolute atomic E-state index is 5.95. The van der Waals surface area contributed by atoms with Crippen LogP contribution in [0.4, 0.5) is 0 Å². The van der Waals surface area contributed by atoms with E-state index in [1.807, 2.05) is 0 Å². The lowest BCUT2D eigenvalue weighted by molar-refractivity contribution is 0.119. The van der Waals surface area contributed by atoms with Crippen LogP contribution < -0.4 is 5.73 Å². The molecule has 0 aliphatic heterocycles. The lowest BCUT2D eigenvalue weighted by Gasteiger charge is -2.38. The fourth-order valence-corrected chi connectivity index (χ4v) is 3.07. The van der Waals surface area contributed by atoms with Crippen LogP contribution in [0.3, 0.4) is 0 Å². The molecule has 0 aromatic carbocycles. The Labute approximate surface area is 108 Å². The highest BCUT2D eigenvalue weighted by Gasteiger charge is 2.25. The summed E-state index contributed by atoms with van der Waals surface area (Å²) in [5.74, 6) is 0.941. The second-order valence-corrected chi connectivity index (χ2v) is 5.96. The minimum atomic E-state index is 0.611. The Morgan fingerprint density at radius 3 is 2.35 bits per heavy atom. The maximum Gasteiger partial charge on any atom is 0.0218 e. The topological polar surface area (TPSA) is 29.3 Å². The quantitative estimate of drug-likeness (QED) is 0.691. The number of likely N-dealkylation sites (N-methyl/N-ethyl adjacent to an activating group) is 1. The van der Waals surface area contributed by atoms with Crippen molar-refractivity contribution < 1.29 is 0 Å². The maximum atomic E-state index is 5.95. The Bertz CT molecular complexity index is 185. The molecule has 0 heterocycles. The first-order valence-electron chi connectivity index (χ1n) is 7.61. The Kier molecular flexibility index (Phi) is 7.14. The van der Waals surface area contributed by atoms with Gasteiger partial charge in [0.1, 0.15) is 0 Å². The van der Waals surface area contributed by atoms with Crippen molar-refractivity contribution in [3.8, 4) is 0 Å². The van der Waals surface area contributed by atoms with Gasteiger partial charge in [-0.3, -0.25) is 4.90 Å². The molecule has 1 atom stereocenters. The van der Waals surface area contributed by atoms with Crippen molar-refractivity contribution in [1.29, 1.82) is 0 Å². The van der Waals surface area contributed by atoms with E-state index in [9.17, 15) is 0 Å². The normalized spacial score (nSPS) is 27.4. The van der Waals surface area contributed by atoms with Crippen molar-refractivity contribution in [3.63, 3.8) is 0 Å². The predicted octanol–water partition coefficient (Wildman–Crippen LogP) is 3.40. The molecule has 1 fully saturated rings. The molecule has 1 rings (SSSR count). The van der Waals surface area contributed by atoms with Gasteiger partial charge in [-0.05, 0) is 45.1 Å². The third-order valence-corrected chi connectivity index (χ3v) is 4.55. The molecule has 2 nitrogen and oxygen atoms in total. The van der Waals surface area contributed by atoms with Crippen molar-refractivity contribution in [2.45, 2.75) is 77.3 Å². The molecular formula is C15H32N2. The van der Waals surface area contributed by atoms with E-state index in [2.05, 4.69) is 25.8 Å². The minimum Gasteiger partial charge on any atom is -0.329 e. The van der Waals surface area contributed by atoms with Crippen LogP contribution in [0.25, 0.3) is 0 Å². The third kappa shape index (κ3) is 4.97. The summed E-state index contributed by atoms with van der Waals surface area (Å²) in [4.78, 5) is 2.58. The second kappa shape index (κ2) is 8.10. The second-order valence-electron chi connectivity index (χ2n) is 5.96. The molecule has 1 unspecified atom stereocenters. The summed E-state index contributed by atoms with van der Waals surface area (Å²) in [6, 6.07) is 1.40. The molecule has 102 valence electrons. The molecule has 0 radical (unpaired) electrons. The predicted molar refractivity (Wildman–Crippen MR) is 76.2 cm³/mol. The summed E-state index contributed by atoms with van der Waals surface area (Å²) in [5, 5.41) is 0. The van der Waals surface area contributed by atoms with Crippen LogP contribution in [0.2, 0.25) is 0 Å². The number of nitrogens with two attached hydrogens (primary N) is 1. The molecular weight excluding hydrogens is 208 g/mol. The van der Waals surface area contributed by atoms with Crippen LogP contribution in [-0.2, 0) is 0 Å². The molecule has 1 aliphatic carbocycles. The van der Waals surface area contributed by atoms with Crippen molar-refractivity contribution in [3.05, 3.63) is 0 Å². The van der Waals surface area contributed by atoms with Crippen LogP contribution in [-0.4, -0.2) is 30.6 Å². The first-order chi connectivity index (χ1) is 8.19. The number of hydrogen-bond donors (Lipinski definition) is 1. The molecule has 1 saturated carbocycles. The van der Waals surface area contributed by atoms with E-state index in [0.717, 1.165) is 18.5 Å². The molecule has 17 heavy (non-hydrogen) atoms. The van der Waals surface area contributed by atoms with E-state index in [0.29, 0.717) is 6.04 Å². The van der Waals surface area contributed by atoms with Crippen LogP contribution in [0.5, 0.6) is 0 Å². The van der Waals surface area contributed by atoms with Crippen LogP contribution in [0, 0.1) is 5.92 Å². The van der Waals surface area contributed by atoms with Crippen molar-refractivity contribution in [2.24, 2.45) is 11.7 Å². The summed E-state index contributed by atoms with van der Waals surface area (Å²) < 4.78 is 0. The van der Waals surface area contributed by atoms with E-state index in [-0.39, 0.29) is 0 Å². The summed E-state index contributed by atoms with van der Waals surface area (Å²) in [6.45, 7) is 5.48. The first-order valence-corrected chi connectivity index (χ1v) is 7.61.